The van der Waals surface area contributed by atoms with Crippen molar-refractivity contribution in [1.82, 2.24) is 14.5 Å². The average molecular weight is 414 g/mol. The van der Waals surface area contributed by atoms with Gasteiger partial charge in [0.1, 0.15) is 17.1 Å². The molecule has 0 atom stereocenters. The first kappa shape index (κ1) is 19.8. The van der Waals surface area contributed by atoms with Crippen LogP contribution < -0.4 is 21.3 Å². The molecule has 4 rings (SSSR count). The Labute approximate surface area is 176 Å². The highest BCUT2D eigenvalue weighted by Crippen LogP contribution is 2.22. The van der Waals surface area contributed by atoms with Crippen molar-refractivity contribution in [3.63, 3.8) is 0 Å². The monoisotopic (exact) mass is 414 g/mol. The SMILES string of the molecule is O=C(Nc1ccc(Oc2ccccc2)cc1)c1c[nH]c(=O)n(Cc2ccccn2)c1=O. The van der Waals surface area contributed by atoms with Gasteiger partial charge in [-0.3, -0.25) is 19.1 Å². The van der Waals surface area contributed by atoms with Gasteiger partial charge in [-0.2, -0.15) is 0 Å². The number of para-hydroxylation sites is 1. The summed E-state index contributed by atoms with van der Waals surface area (Å²) in [5.74, 6) is 0.666. The second-order valence-corrected chi connectivity index (χ2v) is 6.61. The number of ether oxygens (including phenoxy) is 1. The third kappa shape index (κ3) is 4.76. The van der Waals surface area contributed by atoms with Crippen LogP contribution in [0, 0.1) is 0 Å². The maximum Gasteiger partial charge on any atom is 0.328 e. The summed E-state index contributed by atoms with van der Waals surface area (Å²) in [6.07, 6.45) is 2.68. The molecule has 8 heteroatoms. The number of carbonyl (C=O) groups is 1. The lowest BCUT2D eigenvalue weighted by Crippen LogP contribution is -2.39. The number of carbonyl (C=O) groups excluding carboxylic acids is 1. The number of hydrogen-bond acceptors (Lipinski definition) is 5. The molecule has 4 aromatic rings. The summed E-state index contributed by atoms with van der Waals surface area (Å²) >= 11 is 0. The Balaban J connectivity index is 1.50. The Bertz CT molecular complexity index is 1300. The second kappa shape index (κ2) is 8.91. The van der Waals surface area contributed by atoms with Crippen LogP contribution >= 0.6 is 0 Å². The second-order valence-electron chi connectivity index (χ2n) is 6.61. The van der Waals surface area contributed by atoms with Crippen LogP contribution in [-0.2, 0) is 6.54 Å². The summed E-state index contributed by atoms with van der Waals surface area (Å²) < 4.78 is 6.65. The van der Waals surface area contributed by atoms with Crippen LogP contribution in [-0.4, -0.2) is 20.4 Å². The van der Waals surface area contributed by atoms with Crippen molar-refractivity contribution in [3.8, 4) is 11.5 Å². The number of amides is 1. The molecule has 0 unspecified atom stereocenters. The van der Waals surface area contributed by atoms with Gasteiger partial charge in [-0.1, -0.05) is 24.3 Å². The highest BCUT2D eigenvalue weighted by molar-refractivity contribution is 6.03. The van der Waals surface area contributed by atoms with Gasteiger partial charge in [0.05, 0.1) is 12.2 Å². The number of anilines is 1. The zero-order chi connectivity index (χ0) is 21.6. The van der Waals surface area contributed by atoms with E-state index in [0.717, 1.165) is 10.8 Å². The Morgan fingerprint density at radius 1 is 0.935 bits per heavy atom. The predicted octanol–water partition coefficient (Wildman–Crippen LogP) is 3.02. The van der Waals surface area contributed by atoms with Crippen molar-refractivity contribution in [1.29, 1.82) is 0 Å². The van der Waals surface area contributed by atoms with Crippen LogP contribution in [0.3, 0.4) is 0 Å². The Hall–Kier alpha value is -4.46. The molecule has 154 valence electrons. The number of hydrogen-bond donors (Lipinski definition) is 2. The molecule has 1 amide bonds. The molecular weight excluding hydrogens is 396 g/mol. The number of nitrogens with one attached hydrogen (secondary N) is 2. The number of benzene rings is 2. The summed E-state index contributed by atoms with van der Waals surface area (Å²) in [6.45, 7) is -0.0400. The van der Waals surface area contributed by atoms with E-state index in [1.807, 2.05) is 30.3 Å². The van der Waals surface area contributed by atoms with Crippen molar-refractivity contribution in [2.24, 2.45) is 0 Å². The summed E-state index contributed by atoms with van der Waals surface area (Å²) in [4.78, 5) is 44.0. The van der Waals surface area contributed by atoms with Gasteiger partial charge in [0.2, 0.25) is 0 Å². The van der Waals surface area contributed by atoms with Crippen molar-refractivity contribution >= 4 is 11.6 Å². The molecule has 0 fully saturated rings. The van der Waals surface area contributed by atoms with Gasteiger partial charge in [-0.25, -0.2) is 4.79 Å². The van der Waals surface area contributed by atoms with Crippen LogP contribution in [0.2, 0.25) is 0 Å². The van der Waals surface area contributed by atoms with E-state index in [1.165, 1.54) is 0 Å². The molecule has 0 aliphatic heterocycles. The zero-order valence-corrected chi connectivity index (χ0v) is 16.3. The van der Waals surface area contributed by atoms with Crippen LogP contribution in [0.5, 0.6) is 11.5 Å². The number of H-pyrrole nitrogens is 1. The van der Waals surface area contributed by atoms with E-state index in [2.05, 4.69) is 15.3 Å². The standard InChI is InChI=1S/C23H18N4O4/c28-21(26-16-9-11-19(12-10-16)31-18-7-2-1-3-8-18)20-14-25-23(30)27(22(20)29)15-17-6-4-5-13-24-17/h1-14H,15H2,(H,25,30)(H,26,28). The van der Waals surface area contributed by atoms with E-state index in [0.29, 0.717) is 22.9 Å². The minimum Gasteiger partial charge on any atom is -0.457 e. The molecule has 0 aliphatic carbocycles. The minimum atomic E-state index is -0.698. The van der Waals surface area contributed by atoms with E-state index in [4.69, 9.17) is 4.74 Å². The molecule has 8 nitrogen and oxygen atoms in total. The topological polar surface area (TPSA) is 106 Å². The fourth-order valence-electron chi connectivity index (χ4n) is 2.90. The maximum absolute atomic E-state index is 12.7. The van der Waals surface area contributed by atoms with Crippen molar-refractivity contribution < 1.29 is 9.53 Å². The largest absolute Gasteiger partial charge is 0.457 e. The van der Waals surface area contributed by atoms with Crippen molar-refractivity contribution in [2.75, 3.05) is 5.32 Å². The van der Waals surface area contributed by atoms with Crippen LogP contribution in [0.25, 0.3) is 0 Å². The van der Waals surface area contributed by atoms with Gasteiger partial charge in [0.25, 0.3) is 11.5 Å². The molecule has 2 aromatic carbocycles. The Morgan fingerprint density at radius 3 is 2.35 bits per heavy atom. The van der Waals surface area contributed by atoms with Crippen LogP contribution in [0.4, 0.5) is 5.69 Å². The van der Waals surface area contributed by atoms with Gasteiger partial charge < -0.3 is 15.0 Å². The van der Waals surface area contributed by atoms with Gasteiger partial charge in [0, 0.05) is 18.1 Å². The number of aromatic amines is 1. The summed E-state index contributed by atoms with van der Waals surface area (Å²) in [6, 6.07) is 21.2. The molecule has 2 aromatic heterocycles. The first-order chi connectivity index (χ1) is 15.1. The molecule has 2 N–H and O–H groups in total. The fraction of sp³-hybridized carbons (Fsp3) is 0.0435. The molecule has 2 heterocycles. The van der Waals surface area contributed by atoms with Crippen molar-refractivity contribution in [3.05, 3.63) is 117 Å². The minimum absolute atomic E-state index is 0.0400. The molecule has 0 aliphatic rings. The number of aromatic nitrogens is 3. The highest BCUT2D eigenvalue weighted by Gasteiger charge is 2.15. The van der Waals surface area contributed by atoms with Gasteiger partial charge in [-0.15, -0.1) is 0 Å². The Kier molecular flexibility index (Phi) is 5.70. The molecule has 0 spiro atoms. The fourth-order valence-corrected chi connectivity index (χ4v) is 2.90. The predicted molar refractivity (Wildman–Crippen MR) is 116 cm³/mol. The highest BCUT2D eigenvalue weighted by atomic mass is 16.5. The molecule has 31 heavy (non-hydrogen) atoms. The lowest BCUT2D eigenvalue weighted by molar-refractivity contribution is 0.102. The number of nitrogens with zero attached hydrogens (tertiary/aromatic N) is 2. The smallest absolute Gasteiger partial charge is 0.328 e. The van der Waals surface area contributed by atoms with Gasteiger partial charge >= 0.3 is 5.69 Å². The molecule has 0 bridgehead atoms. The van der Waals surface area contributed by atoms with E-state index in [-0.39, 0.29) is 12.1 Å². The van der Waals surface area contributed by atoms with Gasteiger partial charge in [0.15, 0.2) is 0 Å². The quantitative estimate of drug-likeness (QED) is 0.504. The first-order valence-corrected chi connectivity index (χ1v) is 9.47. The summed E-state index contributed by atoms with van der Waals surface area (Å²) in [7, 11) is 0. The van der Waals surface area contributed by atoms with E-state index in [1.54, 1.807) is 48.7 Å². The van der Waals surface area contributed by atoms with Gasteiger partial charge in [-0.05, 0) is 48.5 Å². The summed E-state index contributed by atoms with van der Waals surface area (Å²) in [5, 5.41) is 2.66. The van der Waals surface area contributed by atoms with E-state index in [9.17, 15) is 14.4 Å². The molecular formula is C23H18N4O4. The average Bonchev–Trinajstić information content (AvgIpc) is 2.79. The van der Waals surface area contributed by atoms with E-state index >= 15 is 0 Å². The van der Waals surface area contributed by atoms with Crippen LogP contribution in [0.1, 0.15) is 16.1 Å². The zero-order valence-electron chi connectivity index (χ0n) is 16.3. The summed E-state index contributed by atoms with van der Waals surface area (Å²) in [5.41, 5.74) is -0.486. The number of rotatable bonds is 6. The van der Waals surface area contributed by atoms with E-state index < -0.39 is 17.2 Å². The third-order valence-corrected chi connectivity index (χ3v) is 4.44. The van der Waals surface area contributed by atoms with Crippen molar-refractivity contribution in [2.45, 2.75) is 6.54 Å². The lowest BCUT2D eigenvalue weighted by atomic mass is 10.2. The first-order valence-electron chi connectivity index (χ1n) is 9.47. The molecule has 0 saturated heterocycles. The molecule has 0 radical (unpaired) electrons. The van der Waals surface area contributed by atoms with Crippen LogP contribution in [0.15, 0.2) is 94.8 Å². The number of pyridine rings is 1. The normalized spacial score (nSPS) is 10.5. The Morgan fingerprint density at radius 2 is 1.65 bits per heavy atom. The lowest BCUT2D eigenvalue weighted by Gasteiger charge is -2.09. The third-order valence-electron chi connectivity index (χ3n) is 4.44. The maximum atomic E-state index is 12.7. The molecule has 0 saturated carbocycles.